The predicted octanol–water partition coefficient (Wildman–Crippen LogP) is 3.31. The van der Waals surface area contributed by atoms with Crippen molar-refractivity contribution < 1.29 is 9.50 Å². The minimum absolute atomic E-state index is 0.181. The van der Waals surface area contributed by atoms with Crippen LogP contribution in [0.2, 0.25) is 0 Å². The molecule has 5 nitrogen and oxygen atoms in total. The third-order valence-corrected chi connectivity index (χ3v) is 5.30. The zero-order valence-electron chi connectivity index (χ0n) is 14.7. The van der Waals surface area contributed by atoms with E-state index in [4.69, 9.17) is 5.26 Å². The molecule has 0 radical (unpaired) electrons. The van der Waals surface area contributed by atoms with Crippen molar-refractivity contribution in [2.45, 2.75) is 12.6 Å². The first-order valence-corrected chi connectivity index (χ1v) is 9.22. The highest BCUT2D eigenvalue weighted by Crippen LogP contribution is 2.29. The maximum atomic E-state index is 13.8. The molecular weight excluding hydrogens is 363 g/mol. The highest BCUT2D eigenvalue weighted by molar-refractivity contribution is 7.19. The van der Waals surface area contributed by atoms with Gasteiger partial charge in [0.15, 0.2) is 5.96 Å². The van der Waals surface area contributed by atoms with Gasteiger partial charge < -0.3 is 15.7 Å². The molecule has 0 aliphatic heterocycles. The fourth-order valence-electron chi connectivity index (χ4n) is 2.64. The van der Waals surface area contributed by atoms with E-state index in [2.05, 4.69) is 15.6 Å². The molecule has 7 heteroatoms. The highest BCUT2D eigenvalue weighted by atomic mass is 32.1. The van der Waals surface area contributed by atoms with Crippen molar-refractivity contribution in [3.05, 3.63) is 70.4 Å². The molecule has 27 heavy (non-hydrogen) atoms. The maximum Gasteiger partial charge on any atom is 0.191 e. The Morgan fingerprint density at radius 3 is 2.81 bits per heavy atom. The van der Waals surface area contributed by atoms with Crippen molar-refractivity contribution in [1.82, 2.24) is 10.6 Å². The van der Waals surface area contributed by atoms with Gasteiger partial charge in [-0.2, -0.15) is 5.26 Å². The van der Waals surface area contributed by atoms with Crippen molar-refractivity contribution in [1.29, 1.82) is 5.26 Å². The fourth-order valence-corrected chi connectivity index (χ4v) is 3.69. The van der Waals surface area contributed by atoms with Gasteiger partial charge >= 0.3 is 0 Å². The number of benzene rings is 2. The summed E-state index contributed by atoms with van der Waals surface area (Å²) in [7, 11) is 1.60. The van der Waals surface area contributed by atoms with Crippen molar-refractivity contribution in [2.24, 2.45) is 4.99 Å². The summed E-state index contributed by atoms with van der Waals surface area (Å²) in [5, 5.41) is 26.5. The second-order valence-electron chi connectivity index (χ2n) is 5.93. The van der Waals surface area contributed by atoms with Crippen LogP contribution in [-0.4, -0.2) is 24.7 Å². The number of hydrogen-bond acceptors (Lipinski definition) is 4. The third-order valence-electron chi connectivity index (χ3n) is 4.08. The van der Waals surface area contributed by atoms with Gasteiger partial charge in [-0.25, -0.2) is 4.39 Å². The van der Waals surface area contributed by atoms with Gasteiger partial charge in [0, 0.05) is 35.3 Å². The van der Waals surface area contributed by atoms with Gasteiger partial charge in [-0.1, -0.05) is 18.2 Å². The number of hydrogen-bond donors (Lipinski definition) is 3. The lowest BCUT2D eigenvalue weighted by atomic mass is 10.1. The molecule has 3 rings (SSSR count). The van der Waals surface area contributed by atoms with Crippen LogP contribution in [0, 0.1) is 17.1 Å². The molecule has 0 spiro atoms. The quantitative estimate of drug-likeness (QED) is 0.467. The molecule has 0 aliphatic rings. The van der Waals surface area contributed by atoms with Gasteiger partial charge in [-0.15, -0.1) is 11.3 Å². The first-order chi connectivity index (χ1) is 13.1. The Kier molecular flexibility index (Phi) is 6.01. The van der Waals surface area contributed by atoms with Crippen LogP contribution in [0.5, 0.6) is 0 Å². The molecule has 0 aliphatic carbocycles. The van der Waals surface area contributed by atoms with Crippen molar-refractivity contribution in [3.63, 3.8) is 0 Å². The second kappa shape index (κ2) is 8.62. The Bertz CT molecular complexity index is 976. The molecule has 1 unspecified atom stereocenters. The standard InChI is InChI=1S/C20H19FN4OS/c1-23-20(24-11-15-8-13(10-22)6-7-16(15)21)25-12-17(26)19-9-14-4-2-3-5-18(14)27-19/h2-9,17,26H,11-12H2,1H3,(H2,23,24,25). The molecule has 1 aromatic heterocycles. The smallest absolute Gasteiger partial charge is 0.191 e. The van der Waals surface area contributed by atoms with E-state index < -0.39 is 6.10 Å². The first-order valence-electron chi connectivity index (χ1n) is 8.40. The van der Waals surface area contributed by atoms with Crippen LogP contribution in [0.4, 0.5) is 4.39 Å². The van der Waals surface area contributed by atoms with Gasteiger partial charge in [0.05, 0.1) is 11.6 Å². The average molecular weight is 382 g/mol. The van der Waals surface area contributed by atoms with Gasteiger partial charge in [0.2, 0.25) is 0 Å². The summed E-state index contributed by atoms with van der Waals surface area (Å²) in [6, 6.07) is 16.2. The van der Waals surface area contributed by atoms with Crippen LogP contribution in [0.25, 0.3) is 10.1 Å². The molecule has 0 saturated carbocycles. The van der Waals surface area contributed by atoms with Gasteiger partial charge in [0.1, 0.15) is 11.9 Å². The van der Waals surface area contributed by atoms with E-state index in [1.54, 1.807) is 18.4 Å². The molecule has 1 atom stereocenters. The first kappa shape index (κ1) is 18.8. The number of nitrogens with one attached hydrogen (secondary N) is 2. The Balaban J connectivity index is 1.58. The average Bonchev–Trinajstić information content (AvgIpc) is 3.13. The second-order valence-corrected chi connectivity index (χ2v) is 7.04. The number of aliphatic hydroxyl groups is 1. The third kappa shape index (κ3) is 4.61. The summed E-state index contributed by atoms with van der Waals surface area (Å²) in [5.41, 5.74) is 0.776. The summed E-state index contributed by atoms with van der Waals surface area (Å²) in [6.07, 6.45) is -0.681. The van der Waals surface area contributed by atoms with Crippen LogP contribution in [0.1, 0.15) is 22.1 Å². The molecule has 0 saturated heterocycles. The molecular formula is C20H19FN4OS. The molecule has 3 N–H and O–H groups in total. The number of aliphatic imine (C=N–C) groups is 1. The SMILES string of the molecule is CN=C(NCc1cc(C#N)ccc1F)NCC(O)c1cc2ccccc2s1. The lowest BCUT2D eigenvalue weighted by Crippen LogP contribution is -2.39. The molecule has 0 fully saturated rings. The van der Waals surface area contributed by atoms with Crippen LogP contribution in [-0.2, 0) is 6.54 Å². The zero-order valence-corrected chi connectivity index (χ0v) is 15.6. The van der Waals surface area contributed by atoms with E-state index in [1.807, 2.05) is 36.4 Å². The number of halogens is 1. The number of aliphatic hydroxyl groups excluding tert-OH is 1. The number of guanidine groups is 1. The van der Waals surface area contributed by atoms with E-state index in [0.29, 0.717) is 17.1 Å². The lowest BCUT2D eigenvalue weighted by molar-refractivity contribution is 0.184. The van der Waals surface area contributed by atoms with Gasteiger partial charge in [-0.3, -0.25) is 4.99 Å². The molecule has 2 aromatic carbocycles. The van der Waals surface area contributed by atoms with Crippen molar-refractivity contribution >= 4 is 27.4 Å². The topological polar surface area (TPSA) is 80.4 Å². The number of nitrogens with zero attached hydrogens (tertiary/aromatic N) is 2. The molecule has 3 aromatic rings. The number of nitriles is 1. The summed E-state index contributed by atoms with van der Waals surface area (Å²) in [4.78, 5) is 4.95. The summed E-state index contributed by atoms with van der Waals surface area (Å²) in [6.45, 7) is 0.452. The Labute approximate surface area is 160 Å². The maximum absolute atomic E-state index is 13.8. The Morgan fingerprint density at radius 2 is 2.07 bits per heavy atom. The predicted molar refractivity (Wildman–Crippen MR) is 106 cm³/mol. The number of fused-ring (bicyclic) bond motifs is 1. The van der Waals surface area contributed by atoms with E-state index in [9.17, 15) is 9.50 Å². The van der Waals surface area contributed by atoms with E-state index in [1.165, 1.54) is 18.2 Å². The van der Waals surface area contributed by atoms with Crippen LogP contribution in [0.3, 0.4) is 0 Å². The Morgan fingerprint density at radius 1 is 1.26 bits per heavy atom. The van der Waals surface area contributed by atoms with Crippen LogP contribution in [0.15, 0.2) is 53.5 Å². The largest absolute Gasteiger partial charge is 0.386 e. The number of thiophene rings is 1. The fraction of sp³-hybridized carbons (Fsp3) is 0.200. The number of rotatable bonds is 5. The lowest BCUT2D eigenvalue weighted by Gasteiger charge is -2.15. The summed E-state index contributed by atoms with van der Waals surface area (Å²) in [5.74, 6) is 0.0548. The molecule has 1 heterocycles. The zero-order chi connectivity index (χ0) is 19.2. The monoisotopic (exact) mass is 382 g/mol. The van der Waals surface area contributed by atoms with Gasteiger partial charge in [0.25, 0.3) is 0 Å². The molecule has 0 bridgehead atoms. The highest BCUT2D eigenvalue weighted by Gasteiger charge is 2.12. The summed E-state index contributed by atoms with van der Waals surface area (Å²) < 4.78 is 15.0. The van der Waals surface area contributed by atoms with E-state index in [0.717, 1.165) is 15.0 Å². The van der Waals surface area contributed by atoms with Gasteiger partial charge in [-0.05, 0) is 35.7 Å². The van der Waals surface area contributed by atoms with E-state index >= 15 is 0 Å². The van der Waals surface area contributed by atoms with Crippen LogP contribution < -0.4 is 10.6 Å². The Hall–Kier alpha value is -2.95. The van der Waals surface area contributed by atoms with E-state index in [-0.39, 0.29) is 18.9 Å². The minimum atomic E-state index is -0.681. The van der Waals surface area contributed by atoms with Crippen molar-refractivity contribution in [3.8, 4) is 6.07 Å². The normalized spacial score (nSPS) is 12.6. The molecule has 138 valence electrons. The van der Waals surface area contributed by atoms with Crippen LogP contribution >= 0.6 is 11.3 Å². The summed E-state index contributed by atoms with van der Waals surface area (Å²) >= 11 is 1.55. The molecule has 0 amide bonds. The van der Waals surface area contributed by atoms with Crippen molar-refractivity contribution in [2.75, 3.05) is 13.6 Å². The minimum Gasteiger partial charge on any atom is -0.386 e.